The van der Waals surface area contributed by atoms with Gasteiger partial charge in [0.05, 0.1) is 5.56 Å². The van der Waals surface area contributed by atoms with E-state index in [0.717, 1.165) is 24.3 Å². The highest BCUT2D eigenvalue weighted by atomic mass is 32.1. The second kappa shape index (κ2) is 4.61. The average Bonchev–Trinajstić information content (AvgIpc) is 2.31. The van der Waals surface area contributed by atoms with Crippen LogP contribution in [0.5, 0.6) is 0 Å². The van der Waals surface area contributed by atoms with Crippen molar-refractivity contribution in [3.8, 4) is 11.4 Å². The lowest BCUT2D eigenvalue weighted by Crippen LogP contribution is -2.04. The fourth-order valence-corrected chi connectivity index (χ4v) is 1.59. The molecule has 0 aliphatic carbocycles. The number of carbonyl (C=O) groups is 1. The summed E-state index contributed by atoms with van der Waals surface area (Å²) >= 11 is 4.77. The van der Waals surface area contributed by atoms with Gasteiger partial charge in [-0.2, -0.15) is 0 Å². The van der Waals surface area contributed by atoms with Crippen LogP contribution in [0.15, 0.2) is 24.3 Å². The molecule has 0 aliphatic heterocycles. The maximum atomic E-state index is 13.5. The van der Waals surface area contributed by atoms with Crippen molar-refractivity contribution >= 4 is 18.2 Å². The van der Waals surface area contributed by atoms with E-state index in [4.69, 9.17) is 17.3 Å². The molecule has 4 nitrogen and oxygen atoms in total. The SMILES string of the molecule is O=C(O)c1cc(=S)nc(-c2cc(F)ccc2F)[nH]1. The molecule has 92 valence electrons. The first-order valence-electron chi connectivity index (χ1n) is 4.77. The minimum Gasteiger partial charge on any atom is -0.477 e. The number of H-pyrrole nitrogens is 1. The molecule has 0 saturated carbocycles. The predicted molar refractivity (Wildman–Crippen MR) is 61.7 cm³/mol. The van der Waals surface area contributed by atoms with E-state index in [1.165, 1.54) is 0 Å². The van der Waals surface area contributed by atoms with Gasteiger partial charge in [0, 0.05) is 6.07 Å². The van der Waals surface area contributed by atoms with E-state index in [1.807, 2.05) is 0 Å². The minimum atomic E-state index is -1.26. The van der Waals surface area contributed by atoms with Crippen molar-refractivity contribution in [2.45, 2.75) is 0 Å². The zero-order chi connectivity index (χ0) is 13.3. The van der Waals surface area contributed by atoms with Crippen molar-refractivity contribution in [2.24, 2.45) is 0 Å². The Labute approximate surface area is 105 Å². The highest BCUT2D eigenvalue weighted by Gasteiger charge is 2.12. The molecule has 0 aliphatic rings. The van der Waals surface area contributed by atoms with Crippen LogP contribution in [-0.2, 0) is 0 Å². The summed E-state index contributed by atoms with van der Waals surface area (Å²) in [5.74, 6) is -2.77. The molecule has 1 aromatic heterocycles. The number of hydrogen-bond donors (Lipinski definition) is 2. The summed E-state index contributed by atoms with van der Waals surface area (Å²) in [4.78, 5) is 17.0. The van der Waals surface area contributed by atoms with Crippen molar-refractivity contribution < 1.29 is 18.7 Å². The van der Waals surface area contributed by atoms with Gasteiger partial charge in [0.1, 0.15) is 27.8 Å². The Morgan fingerprint density at radius 3 is 2.72 bits per heavy atom. The molecule has 1 heterocycles. The molecule has 0 bridgehead atoms. The molecule has 0 radical (unpaired) electrons. The molecule has 0 unspecified atom stereocenters. The number of nitrogens with one attached hydrogen (secondary N) is 1. The smallest absolute Gasteiger partial charge is 0.352 e. The van der Waals surface area contributed by atoms with Crippen LogP contribution in [0.3, 0.4) is 0 Å². The van der Waals surface area contributed by atoms with E-state index in [2.05, 4.69) is 9.97 Å². The summed E-state index contributed by atoms with van der Waals surface area (Å²) < 4.78 is 26.5. The molecule has 0 spiro atoms. The number of aromatic carboxylic acids is 1. The summed E-state index contributed by atoms with van der Waals surface area (Å²) in [5.41, 5.74) is -0.419. The Kier molecular flexibility index (Phi) is 3.15. The normalized spacial score (nSPS) is 10.3. The monoisotopic (exact) mass is 268 g/mol. The van der Waals surface area contributed by atoms with Gasteiger partial charge in [-0.1, -0.05) is 12.2 Å². The van der Waals surface area contributed by atoms with Crippen molar-refractivity contribution in [3.05, 3.63) is 46.2 Å². The van der Waals surface area contributed by atoms with Gasteiger partial charge in [-0.3, -0.25) is 0 Å². The van der Waals surface area contributed by atoms with Crippen molar-refractivity contribution in [1.29, 1.82) is 0 Å². The van der Waals surface area contributed by atoms with Crippen molar-refractivity contribution in [2.75, 3.05) is 0 Å². The number of aromatic nitrogens is 2. The quantitative estimate of drug-likeness (QED) is 0.822. The lowest BCUT2D eigenvalue weighted by molar-refractivity contribution is 0.0690. The van der Waals surface area contributed by atoms with E-state index in [1.54, 1.807) is 0 Å². The van der Waals surface area contributed by atoms with E-state index >= 15 is 0 Å². The van der Waals surface area contributed by atoms with Gasteiger partial charge in [-0.05, 0) is 18.2 Å². The van der Waals surface area contributed by atoms with Crippen LogP contribution in [-0.4, -0.2) is 21.0 Å². The minimum absolute atomic E-state index is 0.0233. The summed E-state index contributed by atoms with van der Waals surface area (Å²) in [6, 6.07) is 3.91. The van der Waals surface area contributed by atoms with Crippen LogP contribution < -0.4 is 0 Å². The van der Waals surface area contributed by atoms with Crippen LogP contribution in [0, 0.1) is 16.3 Å². The third kappa shape index (κ3) is 2.40. The molecule has 18 heavy (non-hydrogen) atoms. The summed E-state index contributed by atoms with van der Waals surface area (Å²) in [5, 5.41) is 8.83. The lowest BCUT2D eigenvalue weighted by atomic mass is 10.2. The molecule has 7 heteroatoms. The Balaban J connectivity index is 2.67. The van der Waals surface area contributed by atoms with Crippen LogP contribution in [0.25, 0.3) is 11.4 Å². The zero-order valence-electron chi connectivity index (χ0n) is 8.78. The fraction of sp³-hybridized carbons (Fsp3) is 0. The Morgan fingerprint density at radius 1 is 1.33 bits per heavy atom. The van der Waals surface area contributed by atoms with Crippen LogP contribution in [0.1, 0.15) is 10.5 Å². The molecule has 2 rings (SSSR count). The zero-order valence-corrected chi connectivity index (χ0v) is 9.59. The number of benzene rings is 1. The fourth-order valence-electron chi connectivity index (χ4n) is 1.38. The number of carboxylic acids is 1. The number of hydrogen-bond acceptors (Lipinski definition) is 3. The average molecular weight is 268 g/mol. The topological polar surface area (TPSA) is 66.0 Å². The predicted octanol–water partition coefficient (Wildman–Crippen LogP) is 2.78. The Hall–Kier alpha value is -2.15. The number of rotatable bonds is 2. The van der Waals surface area contributed by atoms with Gasteiger partial charge < -0.3 is 10.1 Å². The highest BCUT2D eigenvalue weighted by Crippen LogP contribution is 2.20. The van der Waals surface area contributed by atoms with E-state index in [-0.39, 0.29) is 21.7 Å². The molecule has 1 aromatic carbocycles. The third-order valence-corrected chi connectivity index (χ3v) is 2.37. The molecular formula is C11H6F2N2O2S. The summed E-state index contributed by atoms with van der Waals surface area (Å²) in [6.07, 6.45) is 0. The number of aromatic amines is 1. The van der Waals surface area contributed by atoms with Crippen LogP contribution >= 0.6 is 12.2 Å². The lowest BCUT2D eigenvalue weighted by Gasteiger charge is -2.04. The van der Waals surface area contributed by atoms with E-state index < -0.39 is 17.6 Å². The van der Waals surface area contributed by atoms with Gasteiger partial charge in [-0.25, -0.2) is 18.6 Å². The van der Waals surface area contributed by atoms with Gasteiger partial charge in [0.15, 0.2) is 0 Å². The van der Waals surface area contributed by atoms with E-state index in [9.17, 15) is 13.6 Å². The first-order valence-corrected chi connectivity index (χ1v) is 5.18. The van der Waals surface area contributed by atoms with Crippen LogP contribution in [0.4, 0.5) is 8.78 Å². The van der Waals surface area contributed by atoms with E-state index in [0.29, 0.717) is 0 Å². The van der Waals surface area contributed by atoms with Gasteiger partial charge in [0.2, 0.25) is 0 Å². The molecule has 2 N–H and O–H groups in total. The largest absolute Gasteiger partial charge is 0.477 e. The van der Waals surface area contributed by atoms with Gasteiger partial charge in [-0.15, -0.1) is 0 Å². The van der Waals surface area contributed by atoms with Gasteiger partial charge in [0.25, 0.3) is 0 Å². The van der Waals surface area contributed by atoms with Crippen molar-refractivity contribution in [1.82, 2.24) is 9.97 Å². The maximum absolute atomic E-state index is 13.5. The van der Waals surface area contributed by atoms with Crippen LogP contribution in [0.2, 0.25) is 0 Å². The maximum Gasteiger partial charge on any atom is 0.352 e. The number of halogens is 2. The molecule has 2 aromatic rings. The molecule has 0 amide bonds. The summed E-state index contributed by atoms with van der Waals surface area (Å²) in [7, 11) is 0. The first-order chi connectivity index (χ1) is 8.47. The molecule has 0 atom stereocenters. The molecule has 0 fully saturated rings. The Morgan fingerprint density at radius 2 is 2.06 bits per heavy atom. The third-order valence-electron chi connectivity index (χ3n) is 2.16. The first kappa shape index (κ1) is 12.3. The Bertz CT molecular complexity index is 685. The number of nitrogens with zero attached hydrogens (tertiary/aromatic N) is 1. The molecular weight excluding hydrogens is 262 g/mol. The molecule has 0 saturated heterocycles. The van der Waals surface area contributed by atoms with Gasteiger partial charge >= 0.3 is 5.97 Å². The standard InChI is InChI=1S/C11H6F2N2O2S/c12-5-1-2-7(13)6(3-5)10-14-8(11(16)17)4-9(18)15-10/h1-4H,(H,16,17)(H,14,15,18). The number of carboxylic acid groups (broad SMARTS) is 1. The summed E-state index contributed by atoms with van der Waals surface area (Å²) in [6.45, 7) is 0. The van der Waals surface area contributed by atoms with Crippen molar-refractivity contribution in [3.63, 3.8) is 0 Å². The second-order valence-corrected chi connectivity index (χ2v) is 3.83. The second-order valence-electron chi connectivity index (χ2n) is 3.41. The highest BCUT2D eigenvalue weighted by molar-refractivity contribution is 7.71.